The lowest BCUT2D eigenvalue weighted by Crippen LogP contribution is -2.49. The van der Waals surface area contributed by atoms with Gasteiger partial charge in [0.15, 0.2) is 0 Å². The highest BCUT2D eigenvalue weighted by Crippen LogP contribution is 2.19. The number of rotatable bonds is 4. The van der Waals surface area contributed by atoms with E-state index in [1.165, 1.54) is 11.3 Å². The van der Waals surface area contributed by atoms with E-state index >= 15 is 0 Å². The standard InChI is InChI=1S/C15H19N5O2S/c1-3-13-17-10-11(23-13)14(21)19-6-8-20(9-7-19)15-16-5-4-12(18-15)22-2/h4-5,10H,3,6-9H2,1-2H3. The zero-order valence-corrected chi connectivity index (χ0v) is 14.0. The molecule has 0 saturated carbocycles. The van der Waals surface area contributed by atoms with Gasteiger partial charge in [0.2, 0.25) is 11.8 Å². The number of anilines is 1. The zero-order valence-electron chi connectivity index (χ0n) is 13.2. The Morgan fingerprint density at radius 3 is 2.74 bits per heavy atom. The summed E-state index contributed by atoms with van der Waals surface area (Å²) in [7, 11) is 1.59. The first-order chi connectivity index (χ1) is 11.2. The molecule has 0 aliphatic carbocycles. The quantitative estimate of drug-likeness (QED) is 0.844. The molecule has 1 aliphatic rings. The number of hydrogen-bond donors (Lipinski definition) is 0. The van der Waals surface area contributed by atoms with Gasteiger partial charge in [-0.1, -0.05) is 6.92 Å². The highest BCUT2D eigenvalue weighted by Gasteiger charge is 2.24. The van der Waals surface area contributed by atoms with Crippen LogP contribution in [0.5, 0.6) is 5.88 Å². The molecule has 3 heterocycles. The number of amides is 1. The number of hydrogen-bond acceptors (Lipinski definition) is 7. The van der Waals surface area contributed by atoms with Crippen LogP contribution in [0.25, 0.3) is 0 Å². The van der Waals surface area contributed by atoms with Gasteiger partial charge in [0.05, 0.1) is 18.3 Å². The third kappa shape index (κ3) is 3.42. The van der Waals surface area contributed by atoms with Crippen molar-refractivity contribution in [2.24, 2.45) is 0 Å². The van der Waals surface area contributed by atoms with Gasteiger partial charge in [0, 0.05) is 38.4 Å². The Hall–Kier alpha value is -2.22. The molecule has 1 fully saturated rings. The number of methoxy groups -OCH3 is 1. The molecule has 122 valence electrons. The van der Waals surface area contributed by atoms with Crippen molar-refractivity contribution in [2.75, 3.05) is 38.2 Å². The van der Waals surface area contributed by atoms with E-state index in [0.29, 0.717) is 42.9 Å². The maximum Gasteiger partial charge on any atom is 0.265 e. The molecule has 2 aromatic heterocycles. The smallest absolute Gasteiger partial charge is 0.265 e. The van der Waals surface area contributed by atoms with Crippen LogP contribution in [0.2, 0.25) is 0 Å². The maximum absolute atomic E-state index is 12.5. The average Bonchev–Trinajstić information content (AvgIpc) is 3.10. The van der Waals surface area contributed by atoms with E-state index in [0.717, 1.165) is 11.4 Å². The fraction of sp³-hybridized carbons (Fsp3) is 0.467. The van der Waals surface area contributed by atoms with E-state index in [1.807, 2.05) is 11.8 Å². The Kier molecular flexibility index (Phi) is 4.71. The topological polar surface area (TPSA) is 71.5 Å². The molecule has 23 heavy (non-hydrogen) atoms. The van der Waals surface area contributed by atoms with Gasteiger partial charge in [0.1, 0.15) is 4.88 Å². The van der Waals surface area contributed by atoms with Crippen molar-refractivity contribution in [1.82, 2.24) is 19.9 Å². The number of piperazine rings is 1. The molecule has 0 atom stereocenters. The second-order valence-electron chi connectivity index (χ2n) is 5.15. The molecule has 1 saturated heterocycles. The fourth-order valence-corrected chi connectivity index (χ4v) is 3.26. The van der Waals surface area contributed by atoms with Crippen LogP contribution in [0, 0.1) is 0 Å². The molecular formula is C15H19N5O2S. The third-order valence-electron chi connectivity index (χ3n) is 3.74. The molecule has 0 spiro atoms. The number of nitrogens with zero attached hydrogens (tertiary/aromatic N) is 5. The fourth-order valence-electron chi connectivity index (χ4n) is 2.44. The number of aromatic nitrogens is 3. The van der Waals surface area contributed by atoms with Crippen LogP contribution in [0.15, 0.2) is 18.5 Å². The van der Waals surface area contributed by atoms with Gasteiger partial charge in [-0.3, -0.25) is 4.79 Å². The second-order valence-corrected chi connectivity index (χ2v) is 6.27. The molecule has 7 nitrogen and oxygen atoms in total. The number of carbonyl (C=O) groups is 1. The Morgan fingerprint density at radius 2 is 2.09 bits per heavy atom. The molecule has 2 aromatic rings. The lowest BCUT2D eigenvalue weighted by molar-refractivity contribution is 0.0751. The van der Waals surface area contributed by atoms with E-state index in [2.05, 4.69) is 19.9 Å². The van der Waals surface area contributed by atoms with Gasteiger partial charge in [-0.25, -0.2) is 9.97 Å². The van der Waals surface area contributed by atoms with Crippen molar-refractivity contribution in [3.8, 4) is 5.88 Å². The molecular weight excluding hydrogens is 314 g/mol. The second kappa shape index (κ2) is 6.91. The summed E-state index contributed by atoms with van der Waals surface area (Å²) < 4.78 is 5.13. The predicted octanol–water partition coefficient (Wildman–Crippen LogP) is 1.47. The van der Waals surface area contributed by atoms with Crippen molar-refractivity contribution < 1.29 is 9.53 Å². The van der Waals surface area contributed by atoms with Crippen molar-refractivity contribution in [2.45, 2.75) is 13.3 Å². The number of aryl methyl sites for hydroxylation is 1. The van der Waals surface area contributed by atoms with Crippen LogP contribution in [0.1, 0.15) is 21.6 Å². The maximum atomic E-state index is 12.5. The summed E-state index contributed by atoms with van der Waals surface area (Å²) in [6, 6.07) is 1.72. The van der Waals surface area contributed by atoms with E-state index in [9.17, 15) is 4.79 Å². The number of thiazole rings is 1. The zero-order chi connectivity index (χ0) is 16.2. The van der Waals surface area contributed by atoms with Crippen LogP contribution in [-0.2, 0) is 6.42 Å². The van der Waals surface area contributed by atoms with E-state index in [1.54, 1.807) is 25.6 Å². The van der Waals surface area contributed by atoms with Gasteiger partial charge in [-0.15, -0.1) is 11.3 Å². The SMILES string of the molecule is CCc1ncc(C(=O)N2CCN(c3nccc(OC)n3)CC2)s1. The lowest BCUT2D eigenvalue weighted by Gasteiger charge is -2.34. The highest BCUT2D eigenvalue weighted by molar-refractivity contribution is 7.13. The molecule has 0 unspecified atom stereocenters. The molecule has 0 N–H and O–H groups in total. The first-order valence-electron chi connectivity index (χ1n) is 7.57. The molecule has 3 rings (SSSR count). The van der Waals surface area contributed by atoms with Gasteiger partial charge < -0.3 is 14.5 Å². The molecule has 8 heteroatoms. The van der Waals surface area contributed by atoms with Crippen LogP contribution in [-0.4, -0.2) is 59.0 Å². The number of ether oxygens (including phenoxy) is 1. The summed E-state index contributed by atoms with van der Waals surface area (Å²) in [6.07, 6.45) is 4.23. The summed E-state index contributed by atoms with van der Waals surface area (Å²) in [4.78, 5) is 30.0. The van der Waals surface area contributed by atoms with E-state index < -0.39 is 0 Å². The average molecular weight is 333 g/mol. The largest absolute Gasteiger partial charge is 0.481 e. The first-order valence-corrected chi connectivity index (χ1v) is 8.39. The van der Waals surface area contributed by atoms with Crippen molar-refractivity contribution >= 4 is 23.2 Å². The first kappa shape index (κ1) is 15.7. The van der Waals surface area contributed by atoms with Gasteiger partial charge >= 0.3 is 0 Å². The Balaban J connectivity index is 1.62. The van der Waals surface area contributed by atoms with Crippen LogP contribution >= 0.6 is 11.3 Å². The minimum absolute atomic E-state index is 0.0633. The van der Waals surface area contributed by atoms with Crippen LogP contribution in [0.3, 0.4) is 0 Å². The summed E-state index contributed by atoms with van der Waals surface area (Å²) in [5.41, 5.74) is 0. The van der Waals surface area contributed by atoms with Crippen molar-refractivity contribution in [3.05, 3.63) is 28.3 Å². The monoisotopic (exact) mass is 333 g/mol. The van der Waals surface area contributed by atoms with E-state index in [4.69, 9.17) is 4.74 Å². The molecule has 0 bridgehead atoms. The Bertz CT molecular complexity index is 682. The van der Waals surface area contributed by atoms with Gasteiger partial charge in [-0.2, -0.15) is 4.98 Å². The summed E-state index contributed by atoms with van der Waals surface area (Å²) in [6.45, 7) is 4.76. The molecule has 0 aromatic carbocycles. The molecule has 1 aliphatic heterocycles. The lowest BCUT2D eigenvalue weighted by atomic mass is 10.3. The predicted molar refractivity (Wildman–Crippen MR) is 88.2 cm³/mol. The van der Waals surface area contributed by atoms with Crippen LogP contribution < -0.4 is 9.64 Å². The Labute approximate surface area is 138 Å². The third-order valence-corrected chi connectivity index (χ3v) is 4.87. The summed E-state index contributed by atoms with van der Waals surface area (Å²) in [5, 5.41) is 0.997. The normalized spacial score (nSPS) is 14.9. The van der Waals surface area contributed by atoms with Crippen LogP contribution in [0.4, 0.5) is 5.95 Å². The van der Waals surface area contributed by atoms with Crippen molar-refractivity contribution in [3.63, 3.8) is 0 Å². The summed E-state index contributed by atoms with van der Waals surface area (Å²) in [5.74, 6) is 1.25. The van der Waals surface area contributed by atoms with Crippen molar-refractivity contribution in [1.29, 1.82) is 0 Å². The minimum atomic E-state index is 0.0633. The number of carbonyl (C=O) groups excluding carboxylic acids is 1. The molecule has 1 amide bonds. The minimum Gasteiger partial charge on any atom is -0.481 e. The molecule has 0 radical (unpaired) electrons. The van der Waals surface area contributed by atoms with Gasteiger partial charge in [0.25, 0.3) is 5.91 Å². The highest BCUT2D eigenvalue weighted by atomic mass is 32.1. The van der Waals surface area contributed by atoms with Gasteiger partial charge in [-0.05, 0) is 6.42 Å². The summed E-state index contributed by atoms with van der Waals surface area (Å²) >= 11 is 1.48. The Morgan fingerprint density at radius 1 is 1.30 bits per heavy atom. The van der Waals surface area contributed by atoms with E-state index in [-0.39, 0.29) is 5.91 Å².